The molecule has 6 heteroatoms. The number of phenolic OH excluding ortho intramolecular Hbond substituents is 1. The van der Waals surface area contributed by atoms with Crippen LogP contribution in [0.5, 0.6) is 5.75 Å². The van der Waals surface area contributed by atoms with Gasteiger partial charge in [0.25, 0.3) is 0 Å². The Kier molecular flexibility index (Phi) is 5.21. The number of hydrogen-bond donors (Lipinski definition) is 2. The average Bonchev–Trinajstić information content (AvgIpc) is 2.74. The van der Waals surface area contributed by atoms with Crippen LogP contribution in [-0.2, 0) is 4.79 Å². The van der Waals surface area contributed by atoms with E-state index in [1.165, 1.54) is 18.0 Å². The van der Waals surface area contributed by atoms with Crippen molar-refractivity contribution in [2.45, 2.75) is 4.90 Å². The summed E-state index contributed by atoms with van der Waals surface area (Å²) >= 11 is 1.41. The van der Waals surface area contributed by atoms with Crippen LogP contribution >= 0.6 is 11.8 Å². The maximum Gasteiger partial charge on any atom is 0.250 e. The average molecular weight is 387 g/mol. The molecule has 3 aromatic carbocycles. The molecule has 28 heavy (non-hydrogen) atoms. The first-order valence-corrected chi connectivity index (χ1v) is 9.70. The van der Waals surface area contributed by atoms with E-state index >= 15 is 0 Å². The van der Waals surface area contributed by atoms with E-state index in [9.17, 15) is 9.90 Å². The molecule has 0 bridgehead atoms. The molecule has 2 N–H and O–H groups in total. The first-order valence-electron chi connectivity index (χ1n) is 8.71. The molecule has 4 rings (SSSR count). The first kappa shape index (κ1) is 18.0. The lowest BCUT2D eigenvalue weighted by Gasteiger charge is -2.06. The van der Waals surface area contributed by atoms with E-state index in [4.69, 9.17) is 0 Å². The van der Waals surface area contributed by atoms with Crippen molar-refractivity contribution in [2.75, 3.05) is 5.75 Å². The fourth-order valence-electron chi connectivity index (χ4n) is 2.96. The largest absolute Gasteiger partial charge is 0.507 e. The zero-order valence-electron chi connectivity index (χ0n) is 14.9. The number of rotatable bonds is 5. The summed E-state index contributed by atoms with van der Waals surface area (Å²) in [5.41, 5.74) is 3.97. The zero-order chi connectivity index (χ0) is 19.3. The number of hydrazone groups is 1. The highest BCUT2D eigenvalue weighted by Crippen LogP contribution is 2.26. The van der Waals surface area contributed by atoms with E-state index in [0.29, 0.717) is 5.56 Å². The molecule has 0 unspecified atom stereocenters. The van der Waals surface area contributed by atoms with Crippen molar-refractivity contribution < 1.29 is 9.90 Å². The van der Waals surface area contributed by atoms with Crippen LogP contribution in [0.2, 0.25) is 0 Å². The summed E-state index contributed by atoms with van der Waals surface area (Å²) in [6.45, 7) is 0. The van der Waals surface area contributed by atoms with Gasteiger partial charge in [-0.1, -0.05) is 48.5 Å². The summed E-state index contributed by atoms with van der Waals surface area (Å²) in [6, 6.07) is 20.9. The number of carbonyl (C=O) groups is 1. The lowest BCUT2D eigenvalue weighted by molar-refractivity contribution is -0.118. The van der Waals surface area contributed by atoms with Gasteiger partial charge in [0.05, 0.1) is 17.5 Å². The molecule has 0 spiro atoms. The van der Waals surface area contributed by atoms with Crippen LogP contribution in [-0.4, -0.2) is 28.0 Å². The molecule has 0 aliphatic carbocycles. The Morgan fingerprint density at radius 2 is 1.86 bits per heavy atom. The van der Waals surface area contributed by atoms with E-state index in [1.54, 1.807) is 12.3 Å². The van der Waals surface area contributed by atoms with Gasteiger partial charge in [-0.25, -0.2) is 5.43 Å². The maximum atomic E-state index is 12.2. The number of thioether (sulfide) groups is 1. The number of aromatic nitrogens is 1. The van der Waals surface area contributed by atoms with Crippen LogP contribution in [0, 0.1) is 0 Å². The molecule has 4 aromatic rings. The molecular formula is C22H17N3O2S. The molecule has 0 fully saturated rings. The van der Waals surface area contributed by atoms with Crippen LogP contribution in [0.4, 0.5) is 0 Å². The standard InChI is InChI=1S/C22H17N3O2S/c26-19-11-10-15-5-1-2-8-17(15)18(19)13-24-25-21(27)14-28-20-9-3-6-16-7-4-12-23-22(16)20/h1-13,26H,14H2,(H,25,27)/b24-13+. The molecule has 0 aliphatic rings. The number of aromatic hydroxyl groups is 1. The number of pyridine rings is 1. The van der Waals surface area contributed by atoms with Crippen molar-refractivity contribution in [3.8, 4) is 5.75 Å². The number of nitrogens with zero attached hydrogens (tertiary/aromatic N) is 2. The Morgan fingerprint density at radius 1 is 1.04 bits per heavy atom. The maximum absolute atomic E-state index is 12.2. The van der Waals surface area contributed by atoms with Gasteiger partial charge in [0, 0.05) is 22.0 Å². The van der Waals surface area contributed by atoms with Crippen LogP contribution in [0.25, 0.3) is 21.7 Å². The molecule has 1 amide bonds. The first-order chi connectivity index (χ1) is 13.7. The van der Waals surface area contributed by atoms with Crippen LogP contribution in [0.15, 0.2) is 82.9 Å². The highest BCUT2D eigenvalue weighted by Gasteiger charge is 2.07. The molecule has 1 aromatic heterocycles. The summed E-state index contributed by atoms with van der Waals surface area (Å²) in [4.78, 5) is 17.5. The van der Waals surface area contributed by atoms with Gasteiger partial charge < -0.3 is 5.11 Å². The second-order valence-corrected chi connectivity index (χ2v) is 7.15. The van der Waals surface area contributed by atoms with E-state index in [0.717, 1.165) is 26.6 Å². The molecule has 138 valence electrons. The van der Waals surface area contributed by atoms with Crippen molar-refractivity contribution in [2.24, 2.45) is 5.10 Å². The Balaban J connectivity index is 1.43. The Bertz CT molecular complexity index is 1190. The predicted octanol–water partition coefficient (Wildman–Crippen LogP) is 4.34. The van der Waals surface area contributed by atoms with Gasteiger partial charge in [-0.2, -0.15) is 5.10 Å². The summed E-state index contributed by atoms with van der Waals surface area (Å²) in [7, 11) is 0. The van der Waals surface area contributed by atoms with E-state index in [2.05, 4.69) is 15.5 Å². The minimum Gasteiger partial charge on any atom is -0.507 e. The molecule has 0 radical (unpaired) electrons. The normalized spacial score (nSPS) is 11.3. The van der Waals surface area contributed by atoms with Crippen molar-refractivity contribution in [3.63, 3.8) is 0 Å². The number of para-hydroxylation sites is 1. The van der Waals surface area contributed by atoms with Gasteiger partial charge in [-0.15, -0.1) is 11.8 Å². The molecular weight excluding hydrogens is 370 g/mol. The minimum absolute atomic E-state index is 0.118. The fraction of sp³-hybridized carbons (Fsp3) is 0.0455. The highest BCUT2D eigenvalue weighted by molar-refractivity contribution is 8.00. The Morgan fingerprint density at radius 3 is 2.79 bits per heavy atom. The number of phenols is 1. The number of hydrogen-bond acceptors (Lipinski definition) is 5. The number of benzene rings is 3. The van der Waals surface area contributed by atoms with Crippen LogP contribution < -0.4 is 5.43 Å². The van der Waals surface area contributed by atoms with Gasteiger partial charge in [0.15, 0.2) is 0 Å². The van der Waals surface area contributed by atoms with Crippen molar-refractivity contribution in [1.82, 2.24) is 10.4 Å². The van der Waals surface area contributed by atoms with Crippen LogP contribution in [0.3, 0.4) is 0 Å². The van der Waals surface area contributed by atoms with Gasteiger partial charge in [-0.05, 0) is 29.0 Å². The topological polar surface area (TPSA) is 74.6 Å². The molecule has 1 heterocycles. The van der Waals surface area contributed by atoms with Crippen molar-refractivity contribution >= 4 is 45.6 Å². The molecule has 0 aliphatic heterocycles. The van der Waals surface area contributed by atoms with Crippen LogP contribution in [0.1, 0.15) is 5.56 Å². The summed E-state index contributed by atoms with van der Waals surface area (Å²) < 4.78 is 0. The number of amides is 1. The number of nitrogens with one attached hydrogen (secondary N) is 1. The minimum atomic E-state index is -0.228. The summed E-state index contributed by atoms with van der Waals surface area (Å²) in [5, 5.41) is 17.0. The molecule has 0 saturated heterocycles. The third kappa shape index (κ3) is 3.82. The Hall–Kier alpha value is -3.38. The molecule has 5 nitrogen and oxygen atoms in total. The summed E-state index contributed by atoms with van der Waals surface area (Å²) in [6.07, 6.45) is 3.22. The summed E-state index contributed by atoms with van der Waals surface area (Å²) in [5.74, 6) is 0.107. The van der Waals surface area contributed by atoms with E-state index in [-0.39, 0.29) is 17.4 Å². The van der Waals surface area contributed by atoms with Gasteiger partial charge >= 0.3 is 0 Å². The second kappa shape index (κ2) is 8.10. The van der Waals surface area contributed by atoms with Crippen molar-refractivity contribution in [3.05, 3.63) is 78.5 Å². The zero-order valence-corrected chi connectivity index (χ0v) is 15.7. The molecule has 0 atom stereocenters. The number of fused-ring (bicyclic) bond motifs is 2. The SMILES string of the molecule is O=C(CSc1cccc2cccnc12)N/N=C/c1c(O)ccc2ccccc12. The lowest BCUT2D eigenvalue weighted by atomic mass is 10.0. The predicted molar refractivity (Wildman–Crippen MR) is 114 cm³/mol. The fourth-order valence-corrected chi connectivity index (χ4v) is 3.79. The Labute approximate surface area is 166 Å². The van der Waals surface area contributed by atoms with Crippen molar-refractivity contribution in [1.29, 1.82) is 0 Å². The third-order valence-corrected chi connectivity index (χ3v) is 5.33. The smallest absolute Gasteiger partial charge is 0.250 e. The van der Waals surface area contributed by atoms with Gasteiger partial charge in [0.1, 0.15) is 5.75 Å². The quantitative estimate of drug-likeness (QED) is 0.304. The van der Waals surface area contributed by atoms with Gasteiger partial charge in [0.2, 0.25) is 5.91 Å². The van der Waals surface area contributed by atoms with E-state index in [1.807, 2.05) is 60.7 Å². The monoisotopic (exact) mass is 387 g/mol. The molecule has 0 saturated carbocycles. The second-order valence-electron chi connectivity index (χ2n) is 6.13. The van der Waals surface area contributed by atoms with Gasteiger partial charge in [-0.3, -0.25) is 9.78 Å². The van der Waals surface area contributed by atoms with E-state index < -0.39 is 0 Å². The highest BCUT2D eigenvalue weighted by atomic mass is 32.2. The number of carbonyl (C=O) groups excluding carboxylic acids is 1. The lowest BCUT2D eigenvalue weighted by Crippen LogP contribution is -2.19. The third-order valence-electron chi connectivity index (χ3n) is 4.29.